The molecule has 5 rings (SSSR count). The quantitative estimate of drug-likeness (QED) is 0.498. The number of benzene rings is 2. The number of aliphatic hydroxyl groups is 1. The maximum absolute atomic E-state index is 13.7. The number of piperidine rings is 2. The fourth-order valence-electron chi connectivity index (χ4n) is 5.94. The highest BCUT2D eigenvalue weighted by Gasteiger charge is 2.47. The van der Waals surface area contributed by atoms with Crippen molar-refractivity contribution in [3.05, 3.63) is 74.9 Å². The van der Waals surface area contributed by atoms with Crippen molar-refractivity contribution in [3.8, 4) is 0 Å². The first kappa shape index (κ1) is 31.9. The number of alkyl halides is 2. The minimum Gasteiger partial charge on any atom is -0.390 e. The number of hydrogen-bond acceptors (Lipinski definition) is 6. The number of rotatable bonds is 6. The smallest absolute Gasteiger partial charge is 0.266 e. The van der Waals surface area contributed by atoms with Gasteiger partial charge in [-0.1, -0.05) is 0 Å². The first-order chi connectivity index (χ1) is 20.6. The molecular formula is C31H35F3N4O5S. The topological polar surface area (TPSA) is 119 Å². The van der Waals surface area contributed by atoms with Gasteiger partial charge in [-0.15, -0.1) is 0 Å². The minimum atomic E-state index is -3.87. The Bertz CT molecular complexity index is 1630. The Kier molecular flexibility index (Phi) is 8.51. The first-order valence-corrected chi connectivity index (χ1v) is 15.9. The van der Waals surface area contributed by atoms with E-state index in [-0.39, 0.29) is 43.2 Å². The van der Waals surface area contributed by atoms with Crippen molar-refractivity contribution in [1.29, 1.82) is 0 Å². The summed E-state index contributed by atoms with van der Waals surface area (Å²) in [6.45, 7) is 6.32. The van der Waals surface area contributed by atoms with E-state index in [4.69, 9.17) is 0 Å². The van der Waals surface area contributed by atoms with Crippen molar-refractivity contribution in [2.75, 3.05) is 26.2 Å². The van der Waals surface area contributed by atoms with E-state index in [2.05, 4.69) is 10.3 Å². The Morgan fingerprint density at radius 3 is 2.25 bits per heavy atom. The van der Waals surface area contributed by atoms with Crippen molar-refractivity contribution in [2.24, 2.45) is 4.99 Å². The molecule has 0 radical (unpaired) electrons. The summed E-state index contributed by atoms with van der Waals surface area (Å²) in [7, 11) is -3.87. The minimum absolute atomic E-state index is 0.0106. The van der Waals surface area contributed by atoms with Gasteiger partial charge in [-0.25, -0.2) is 21.6 Å². The zero-order chi connectivity index (χ0) is 32.0. The molecule has 0 aromatic heterocycles. The summed E-state index contributed by atoms with van der Waals surface area (Å²) in [6.07, 6.45) is -0.360. The molecule has 2 amide bonds. The summed E-state index contributed by atoms with van der Waals surface area (Å²) in [5.41, 5.74) is -0.0161. The van der Waals surface area contributed by atoms with E-state index in [0.29, 0.717) is 37.1 Å². The molecule has 2 saturated heterocycles. The van der Waals surface area contributed by atoms with Gasteiger partial charge in [0.25, 0.3) is 18.2 Å². The highest BCUT2D eigenvalue weighted by atomic mass is 32.2. The monoisotopic (exact) mass is 632 g/mol. The fourth-order valence-corrected chi connectivity index (χ4v) is 7.11. The van der Waals surface area contributed by atoms with Crippen LogP contribution < -0.4 is 5.32 Å². The molecule has 44 heavy (non-hydrogen) atoms. The molecule has 236 valence electrons. The van der Waals surface area contributed by atoms with Crippen LogP contribution in [0.15, 0.2) is 40.7 Å². The van der Waals surface area contributed by atoms with Crippen LogP contribution in [-0.2, 0) is 14.8 Å². The van der Waals surface area contributed by atoms with E-state index in [9.17, 15) is 36.3 Å². The second-order valence-corrected chi connectivity index (χ2v) is 13.9. The number of amides is 2. The zero-order valence-electron chi connectivity index (χ0n) is 24.7. The third-order valence-electron chi connectivity index (χ3n) is 8.77. The predicted octanol–water partition coefficient (Wildman–Crippen LogP) is 4.08. The number of carbonyl (C=O) groups is 2. The SMILES string of the molecule is Cc1cc(C(=O)N2CCC(C)(O)CC2)cc(C)c1C=CS(=O)(=O)N1CCC2(CC1)N=C(c1ccc(F)c(C(F)F)c1)NC2=O. The lowest BCUT2D eigenvalue weighted by Crippen LogP contribution is -2.50. The molecule has 9 nitrogen and oxygen atoms in total. The number of halogens is 3. The summed E-state index contributed by atoms with van der Waals surface area (Å²) in [5, 5.41) is 13.9. The molecular weight excluding hydrogens is 597 g/mol. The molecule has 2 aromatic rings. The summed E-state index contributed by atoms with van der Waals surface area (Å²) >= 11 is 0. The molecule has 2 N–H and O–H groups in total. The Hall–Kier alpha value is -3.55. The van der Waals surface area contributed by atoms with E-state index < -0.39 is 44.9 Å². The number of sulfonamides is 1. The van der Waals surface area contributed by atoms with Crippen LogP contribution in [0.25, 0.3) is 6.08 Å². The van der Waals surface area contributed by atoms with Crippen LogP contribution in [0, 0.1) is 19.7 Å². The van der Waals surface area contributed by atoms with Gasteiger partial charge in [-0.05, 0) is 99.6 Å². The van der Waals surface area contributed by atoms with E-state index in [1.54, 1.807) is 37.8 Å². The highest BCUT2D eigenvalue weighted by molar-refractivity contribution is 7.92. The van der Waals surface area contributed by atoms with E-state index in [0.717, 1.165) is 28.7 Å². The fraction of sp³-hybridized carbons (Fsp3) is 0.452. The van der Waals surface area contributed by atoms with E-state index in [1.165, 1.54) is 16.4 Å². The maximum Gasteiger partial charge on any atom is 0.266 e. The molecule has 2 aromatic carbocycles. The third-order valence-corrected chi connectivity index (χ3v) is 10.3. The number of amidine groups is 1. The number of aliphatic imine (C=N–C) groups is 1. The van der Waals surface area contributed by atoms with Gasteiger partial charge in [0.1, 0.15) is 17.2 Å². The van der Waals surface area contributed by atoms with Crippen LogP contribution in [-0.4, -0.2) is 77.7 Å². The van der Waals surface area contributed by atoms with Gasteiger partial charge in [0.15, 0.2) is 0 Å². The Balaban J connectivity index is 1.26. The summed E-state index contributed by atoms with van der Waals surface area (Å²) in [5.74, 6) is -1.60. The average Bonchev–Trinajstić information content (AvgIpc) is 3.27. The third kappa shape index (κ3) is 6.31. The molecule has 0 saturated carbocycles. The van der Waals surface area contributed by atoms with Gasteiger partial charge in [0.2, 0.25) is 10.0 Å². The van der Waals surface area contributed by atoms with Crippen molar-refractivity contribution < 1.29 is 36.3 Å². The maximum atomic E-state index is 13.7. The normalized spacial score (nSPS) is 20.4. The lowest BCUT2D eigenvalue weighted by molar-refractivity contribution is -0.124. The summed E-state index contributed by atoms with van der Waals surface area (Å²) in [4.78, 5) is 32.2. The second-order valence-electron chi connectivity index (χ2n) is 12.0. The number of nitrogens with one attached hydrogen (secondary N) is 1. The van der Waals surface area contributed by atoms with Gasteiger partial charge < -0.3 is 15.3 Å². The summed E-state index contributed by atoms with van der Waals surface area (Å²) in [6, 6.07) is 6.58. The van der Waals surface area contributed by atoms with Crippen LogP contribution in [0.5, 0.6) is 0 Å². The van der Waals surface area contributed by atoms with E-state index >= 15 is 0 Å². The number of likely N-dealkylation sites (tertiary alicyclic amines) is 1. The van der Waals surface area contributed by atoms with Crippen LogP contribution in [0.2, 0.25) is 0 Å². The lowest BCUT2D eigenvalue weighted by Gasteiger charge is -2.36. The van der Waals surface area contributed by atoms with Crippen molar-refractivity contribution in [3.63, 3.8) is 0 Å². The van der Waals surface area contributed by atoms with Crippen molar-refractivity contribution in [1.82, 2.24) is 14.5 Å². The molecule has 13 heteroatoms. The van der Waals surface area contributed by atoms with Gasteiger partial charge in [0.05, 0.1) is 11.2 Å². The second kappa shape index (κ2) is 11.8. The summed E-state index contributed by atoms with van der Waals surface area (Å²) < 4.78 is 67.8. The van der Waals surface area contributed by atoms with Crippen molar-refractivity contribution >= 4 is 33.7 Å². The van der Waals surface area contributed by atoms with Gasteiger partial charge in [-0.2, -0.15) is 4.31 Å². The van der Waals surface area contributed by atoms with Gasteiger partial charge in [-0.3, -0.25) is 14.6 Å². The van der Waals surface area contributed by atoms with Crippen LogP contribution in [0.4, 0.5) is 13.2 Å². The van der Waals surface area contributed by atoms with Crippen LogP contribution in [0.3, 0.4) is 0 Å². The molecule has 3 aliphatic rings. The largest absolute Gasteiger partial charge is 0.390 e. The van der Waals surface area contributed by atoms with Crippen molar-refractivity contribution in [2.45, 2.75) is 64.0 Å². The molecule has 3 heterocycles. The first-order valence-electron chi connectivity index (χ1n) is 14.4. The number of aryl methyl sites for hydroxylation is 2. The van der Waals surface area contributed by atoms with Gasteiger partial charge in [0, 0.05) is 42.7 Å². The highest BCUT2D eigenvalue weighted by Crippen LogP contribution is 2.33. The molecule has 3 aliphatic heterocycles. The average molecular weight is 633 g/mol. The predicted molar refractivity (Wildman–Crippen MR) is 159 cm³/mol. The number of carbonyl (C=O) groups excluding carboxylic acids is 2. The standard InChI is InChI=1S/C31H35F3N4O5S/c1-19-16-22(28(39)37-11-7-30(3,41)8-12-37)17-20(2)23(19)6-15-44(42,43)38-13-9-31(10-14-38)29(40)35-27(36-31)21-4-5-25(32)24(18-21)26(33)34/h4-6,15-18,26,41H,7-14H2,1-3H3,(H,35,36,40). The van der Waals surface area contributed by atoms with E-state index in [1.807, 2.05) is 0 Å². The Labute approximate surface area is 254 Å². The van der Waals surface area contributed by atoms with Crippen LogP contribution >= 0.6 is 0 Å². The molecule has 0 unspecified atom stereocenters. The lowest BCUT2D eigenvalue weighted by atomic mass is 9.89. The number of hydrogen-bond donors (Lipinski definition) is 2. The molecule has 0 bridgehead atoms. The molecule has 0 aliphatic carbocycles. The molecule has 1 spiro atoms. The zero-order valence-corrected chi connectivity index (χ0v) is 25.6. The van der Waals surface area contributed by atoms with Crippen LogP contribution in [0.1, 0.15) is 77.2 Å². The number of nitrogens with zero attached hydrogens (tertiary/aromatic N) is 3. The molecule has 0 atom stereocenters. The van der Waals surface area contributed by atoms with Gasteiger partial charge >= 0.3 is 0 Å². The molecule has 2 fully saturated rings. The Morgan fingerprint density at radius 2 is 1.66 bits per heavy atom. The Morgan fingerprint density at radius 1 is 1.05 bits per heavy atom.